The molecule has 0 amide bonds. The van der Waals surface area contributed by atoms with Crippen LogP contribution in [0.3, 0.4) is 0 Å². The zero-order chi connectivity index (χ0) is 14.7. The van der Waals surface area contributed by atoms with Gasteiger partial charge in [-0.15, -0.1) is 0 Å². The molecule has 0 saturated heterocycles. The molecule has 0 radical (unpaired) electrons. The van der Waals surface area contributed by atoms with Crippen LogP contribution in [0, 0.1) is 0 Å². The largest absolute Gasteiger partial charge is 0.390 e. The van der Waals surface area contributed by atoms with Crippen molar-refractivity contribution in [3.8, 4) is 0 Å². The Morgan fingerprint density at radius 2 is 2.05 bits per heavy atom. The van der Waals surface area contributed by atoms with E-state index >= 15 is 0 Å². The number of sulfonamides is 1. The first-order valence-corrected chi connectivity index (χ1v) is 6.91. The Morgan fingerprint density at radius 3 is 2.53 bits per heavy atom. The van der Waals surface area contributed by atoms with Gasteiger partial charge in [-0.2, -0.15) is 13.2 Å². The van der Waals surface area contributed by atoms with Crippen LogP contribution in [0.1, 0.15) is 6.42 Å². The minimum atomic E-state index is -4.42. The number of hydrogen-bond acceptors (Lipinski definition) is 4. The maximum absolute atomic E-state index is 11.9. The molecule has 0 aliphatic heterocycles. The Bertz CT molecular complexity index is 548. The third kappa shape index (κ3) is 4.84. The number of nitrogens with one attached hydrogen (secondary N) is 2. The summed E-state index contributed by atoms with van der Waals surface area (Å²) in [5, 5.41) is 2.69. The monoisotopic (exact) mass is 317 g/mol. The zero-order valence-corrected chi connectivity index (χ0v) is 11.3. The Morgan fingerprint density at radius 1 is 1.42 bits per heavy atom. The van der Waals surface area contributed by atoms with Crippen molar-refractivity contribution < 1.29 is 21.6 Å². The van der Waals surface area contributed by atoms with E-state index in [0.29, 0.717) is 0 Å². The third-order valence-electron chi connectivity index (χ3n) is 2.06. The van der Waals surface area contributed by atoms with Gasteiger partial charge in [0, 0.05) is 19.8 Å². The van der Waals surface area contributed by atoms with Crippen molar-refractivity contribution >= 4 is 27.4 Å². The molecule has 0 unspecified atom stereocenters. The summed E-state index contributed by atoms with van der Waals surface area (Å²) in [6.07, 6.45) is -4.66. The van der Waals surface area contributed by atoms with Crippen LogP contribution in [-0.4, -0.2) is 33.2 Å². The molecule has 1 rings (SSSR count). The summed E-state index contributed by atoms with van der Waals surface area (Å²) in [7, 11) is -2.51. The van der Waals surface area contributed by atoms with Gasteiger partial charge in [-0.3, -0.25) is 0 Å². The molecule has 0 saturated carbocycles. The molecule has 19 heavy (non-hydrogen) atoms. The van der Waals surface area contributed by atoms with Crippen LogP contribution < -0.4 is 10.0 Å². The SMILES string of the molecule is CNc1ncc(S(=O)(=O)NCCC(F)(F)F)cc1Cl. The van der Waals surface area contributed by atoms with Crippen molar-refractivity contribution in [1.82, 2.24) is 9.71 Å². The summed E-state index contributed by atoms with van der Waals surface area (Å²) in [4.78, 5) is 3.44. The fourth-order valence-electron chi connectivity index (χ4n) is 1.16. The minimum Gasteiger partial charge on any atom is -0.372 e. The fraction of sp³-hybridized carbons (Fsp3) is 0.444. The molecule has 0 fully saturated rings. The van der Waals surface area contributed by atoms with Gasteiger partial charge < -0.3 is 5.32 Å². The second-order valence-corrected chi connectivity index (χ2v) is 5.69. The molecular weight excluding hydrogens is 307 g/mol. The molecule has 0 aliphatic carbocycles. The Balaban J connectivity index is 2.80. The minimum absolute atomic E-state index is 0.0567. The first-order valence-electron chi connectivity index (χ1n) is 5.05. The van der Waals surface area contributed by atoms with E-state index in [4.69, 9.17) is 11.6 Å². The zero-order valence-electron chi connectivity index (χ0n) is 9.75. The Hall–Kier alpha value is -1.06. The van der Waals surface area contributed by atoms with E-state index in [1.54, 1.807) is 7.05 Å². The maximum Gasteiger partial charge on any atom is 0.390 e. The van der Waals surface area contributed by atoms with Crippen LogP contribution in [0.4, 0.5) is 19.0 Å². The number of anilines is 1. The van der Waals surface area contributed by atoms with E-state index in [-0.39, 0.29) is 15.7 Å². The number of pyridine rings is 1. The topological polar surface area (TPSA) is 71.1 Å². The van der Waals surface area contributed by atoms with Crippen molar-refractivity contribution in [3.63, 3.8) is 0 Å². The molecular formula is C9H11ClF3N3O2S. The lowest BCUT2D eigenvalue weighted by atomic mass is 10.4. The summed E-state index contributed by atoms with van der Waals surface area (Å²) in [6.45, 7) is -0.739. The summed E-state index contributed by atoms with van der Waals surface area (Å²) < 4.78 is 60.9. The molecule has 0 atom stereocenters. The van der Waals surface area contributed by atoms with Gasteiger partial charge in [0.2, 0.25) is 10.0 Å². The summed E-state index contributed by atoms with van der Waals surface area (Å²) in [5.74, 6) is 0.274. The molecule has 108 valence electrons. The molecule has 1 heterocycles. The molecule has 0 aliphatic rings. The number of aromatic nitrogens is 1. The van der Waals surface area contributed by atoms with E-state index in [2.05, 4.69) is 10.3 Å². The third-order valence-corrected chi connectivity index (χ3v) is 3.78. The second-order valence-electron chi connectivity index (χ2n) is 3.51. The normalized spacial score (nSPS) is 12.5. The number of rotatable bonds is 5. The maximum atomic E-state index is 11.9. The summed E-state index contributed by atoms with van der Waals surface area (Å²) in [6, 6.07) is 1.11. The molecule has 0 aromatic carbocycles. The molecule has 5 nitrogen and oxygen atoms in total. The standard InChI is InChI=1S/C9H11ClF3N3O2S/c1-14-8-7(10)4-6(5-15-8)19(17,18)16-3-2-9(11,12)13/h4-5,16H,2-3H2,1H3,(H,14,15). The molecule has 1 aromatic heterocycles. The first-order chi connectivity index (χ1) is 8.65. The van der Waals surface area contributed by atoms with Gasteiger partial charge in [-0.25, -0.2) is 18.1 Å². The summed E-state index contributed by atoms with van der Waals surface area (Å²) in [5.41, 5.74) is 0. The van der Waals surface area contributed by atoms with Crippen molar-refractivity contribution in [3.05, 3.63) is 17.3 Å². The highest BCUT2D eigenvalue weighted by Gasteiger charge is 2.27. The van der Waals surface area contributed by atoms with Gasteiger partial charge in [0.05, 0.1) is 11.4 Å². The molecule has 0 bridgehead atoms. The van der Waals surface area contributed by atoms with Crippen LogP contribution in [0.5, 0.6) is 0 Å². The number of hydrogen-bond donors (Lipinski definition) is 2. The van der Waals surface area contributed by atoms with E-state index < -0.39 is 29.2 Å². The molecule has 2 N–H and O–H groups in total. The van der Waals surface area contributed by atoms with Crippen molar-refractivity contribution in [2.45, 2.75) is 17.5 Å². The highest BCUT2D eigenvalue weighted by Crippen LogP contribution is 2.22. The lowest BCUT2D eigenvalue weighted by Gasteiger charge is -2.09. The lowest BCUT2D eigenvalue weighted by Crippen LogP contribution is -2.28. The van der Waals surface area contributed by atoms with Gasteiger partial charge in [0.25, 0.3) is 0 Å². The predicted molar refractivity (Wildman–Crippen MR) is 64.7 cm³/mol. The van der Waals surface area contributed by atoms with E-state index in [0.717, 1.165) is 12.3 Å². The van der Waals surface area contributed by atoms with Crippen LogP contribution in [0.25, 0.3) is 0 Å². The van der Waals surface area contributed by atoms with Gasteiger partial charge in [-0.05, 0) is 6.07 Å². The average molecular weight is 318 g/mol. The second kappa shape index (κ2) is 5.93. The van der Waals surface area contributed by atoms with Gasteiger partial charge in [-0.1, -0.05) is 11.6 Å². The smallest absolute Gasteiger partial charge is 0.372 e. The molecule has 10 heteroatoms. The quantitative estimate of drug-likeness (QED) is 0.871. The van der Waals surface area contributed by atoms with Crippen molar-refractivity contribution in [2.24, 2.45) is 0 Å². The lowest BCUT2D eigenvalue weighted by molar-refractivity contribution is -0.132. The highest BCUT2D eigenvalue weighted by molar-refractivity contribution is 7.89. The first kappa shape index (κ1) is 16.0. The van der Waals surface area contributed by atoms with E-state index in [1.807, 2.05) is 4.72 Å². The fourth-order valence-corrected chi connectivity index (χ4v) is 2.49. The number of halogens is 4. The van der Waals surface area contributed by atoms with E-state index in [9.17, 15) is 21.6 Å². The van der Waals surface area contributed by atoms with Crippen LogP contribution in [-0.2, 0) is 10.0 Å². The Kier molecular flexibility index (Phi) is 4.99. The average Bonchev–Trinajstić information content (AvgIpc) is 2.26. The molecule has 0 spiro atoms. The predicted octanol–water partition coefficient (Wildman–Crippen LogP) is 2.01. The van der Waals surface area contributed by atoms with Gasteiger partial charge in [0.15, 0.2) is 0 Å². The van der Waals surface area contributed by atoms with Crippen molar-refractivity contribution in [2.75, 3.05) is 18.9 Å². The Labute approximate surface area is 113 Å². The van der Waals surface area contributed by atoms with Crippen LogP contribution in [0.2, 0.25) is 5.02 Å². The van der Waals surface area contributed by atoms with Crippen LogP contribution >= 0.6 is 11.6 Å². The highest BCUT2D eigenvalue weighted by atomic mass is 35.5. The number of alkyl halides is 3. The molecule has 1 aromatic rings. The van der Waals surface area contributed by atoms with E-state index in [1.165, 1.54) is 0 Å². The van der Waals surface area contributed by atoms with Gasteiger partial charge >= 0.3 is 6.18 Å². The van der Waals surface area contributed by atoms with Crippen molar-refractivity contribution in [1.29, 1.82) is 0 Å². The number of nitrogens with zero attached hydrogens (tertiary/aromatic N) is 1. The summed E-state index contributed by atoms with van der Waals surface area (Å²) >= 11 is 5.74. The van der Waals surface area contributed by atoms with Crippen LogP contribution in [0.15, 0.2) is 17.2 Å². The van der Waals surface area contributed by atoms with Gasteiger partial charge in [0.1, 0.15) is 10.7 Å².